The minimum atomic E-state index is 0.0170. The Morgan fingerprint density at radius 3 is 2.75 bits per heavy atom. The summed E-state index contributed by atoms with van der Waals surface area (Å²) in [5, 5.41) is 4.57. The maximum absolute atomic E-state index is 5.42. The van der Waals surface area contributed by atoms with Crippen LogP contribution in [-0.4, -0.2) is 36.3 Å². The summed E-state index contributed by atoms with van der Waals surface area (Å²) in [6.45, 7) is 7.64. The molecule has 2 nitrogen and oxygen atoms in total. The fourth-order valence-corrected chi connectivity index (χ4v) is 3.33. The first-order chi connectivity index (χ1) is 7.57. The van der Waals surface area contributed by atoms with Crippen molar-refractivity contribution in [1.82, 2.24) is 5.32 Å². The van der Waals surface area contributed by atoms with E-state index >= 15 is 0 Å². The van der Waals surface area contributed by atoms with Gasteiger partial charge in [0.2, 0.25) is 0 Å². The van der Waals surface area contributed by atoms with E-state index in [9.17, 15) is 0 Å². The zero-order chi connectivity index (χ0) is 12.0. The summed E-state index contributed by atoms with van der Waals surface area (Å²) in [7, 11) is 1.80. The van der Waals surface area contributed by atoms with Gasteiger partial charge in [0.25, 0.3) is 0 Å². The van der Waals surface area contributed by atoms with Crippen LogP contribution in [0.2, 0.25) is 0 Å². The smallest absolute Gasteiger partial charge is 0.0634 e. The van der Waals surface area contributed by atoms with Gasteiger partial charge in [0.1, 0.15) is 0 Å². The van der Waals surface area contributed by atoms with E-state index < -0.39 is 0 Å². The predicted octanol–water partition coefficient (Wildman–Crippen LogP) is 3.07. The molecule has 1 fully saturated rings. The quantitative estimate of drug-likeness (QED) is 0.745. The van der Waals surface area contributed by atoms with Crippen LogP contribution in [0.15, 0.2) is 0 Å². The second-order valence-corrected chi connectivity index (χ2v) is 6.83. The van der Waals surface area contributed by atoms with Crippen LogP contribution in [0.25, 0.3) is 0 Å². The first kappa shape index (κ1) is 14.3. The van der Waals surface area contributed by atoms with Gasteiger partial charge in [-0.3, -0.25) is 0 Å². The monoisotopic (exact) mass is 245 g/mol. The molecule has 0 bridgehead atoms. The molecule has 0 saturated heterocycles. The Bertz CT molecular complexity index is 196. The van der Waals surface area contributed by atoms with Crippen molar-refractivity contribution in [3.63, 3.8) is 0 Å². The van der Waals surface area contributed by atoms with Crippen LogP contribution in [-0.2, 0) is 4.74 Å². The van der Waals surface area contributed by atoms with Gasteiger partial charge in [0.05, 0.1) is 5.60 Å². The summed E-state index contributed by atoms with van der Waals surface area (Å²) in [6.07, 6.45) is 5.19. The first-order valence-corrected chi connectivity index (χ1v) is 7.52. The van der Waals surface area contributed by atoms with E-state index in [2.05, 4.69) is 37.8 Å². The fraction of sp³-hybridized carbons (Fsp3) is 1.00. The van der Waals surface area contributed by atoms with Gasteiger partial charge < -0.3 is 10.1 Å². The molecule has 1 N–H and O–H groups in total. The minimum Gasteiger partial charge on any atom is -0.379 e. The van der Waals surface area contributed by atoms with Crippen molar-refractivity contribution < 1.29 is 4.74 Å². The standard InChI is InChI=1S/C13H27NOS/c1-5-16-12-7-6-11(10-12)14-9-8-13(2,3)15-4/h11-12,14H,5-10H2,1-4H3. The summed E-state index contributed by atoms with van der Waals surface area (Å²) in [5.41, 5.74) is 0.0170. The number of ether oxygens (including phenoxy) is 1. The number of nitrogens with one attached hydrogen (secondary N) is 1. The third-order valence-corrected chi connectivity index (χ3v) is 4.73. The number of thioether (sulfide) groups is 1. The Balaban J connectivity index is 2.11. The molecule has 0 aliphatic heterocycles. The van der Waals surface area contributed by atoms with Gasteiger partial charge >= 0.3 is 0 Å². The van der Waals surface area contributed by atoms with Crippen molar-refractivity contribution >= 4 is 11.8 Å². The lowest BCUT2D eigenvalue weighted by Gasteiger charge is -2.24. The van der Waals surface area contributed by atoms with Gasteiger partial charge in [0.15, 0.2) is 0 Å². The molecule has 1 saturated carbocycles. The van der Waals surface area contributed by atoms with Crippen molar-refractivity contribution in [1.29, 1.82) is 0 Å². The molecular weight excluding hydrogens is 218 g/mol. The van der Waals surface area contributed by atoms with E-state index in [4.69, 9.17) is 4.74 Å². The molecule has 1 aliphatic rings. The highest BCUT2D eigenvalue weighted by molar-refractivity contribution is 7.99. The Morgan fingerprint density at radius 2 is 2.12 bits per heavy atom. The van der Waals surface area contributed by atoms with E-state index in [0.29, 0.717) is 0 Å². The van der Waals surface area contributed by atoms with E-state index in [-0.39, 0.29) is 5.60 Å². The van der Waals surface area contributed by atoms with Crippen LogP contribution in [0.4, 0.5) is 0 Å². The summed E-state index contributed by atoms with van der Waals surface area (Å²) < 4.78 is 5.42. The highest BCUT2D eigenvalue weighted by Crippen LogP contribution is 2.29. The second kappa shape index (κ2) is 6.87. The number of hydrogen-bond acceptors (Lipinski definition) is 3. The van der Waals surface area contributed by atoms with E-state index in [0.717, 1.165) is 24.3 Å². The third-order valence-electron chi connectivity index (χ3n) is 3.50. The van der Waals surface area contributed by atoms with Gasteiger partial charge in [-0.05, 0) is 51.8 Å². The van der Waals surface area contributed by atoms with Gasteiger partial charge in [-0.25, -0.2) is 0 Å². The van der Waals surface area contributed by atoms with Crippen LogP contribution in [0.3, 0.4) is 0 Å². The summed E-state index contributed by atoms with van der Waals surface area (Å²) in [6, 6.07) is 0.747. The normalized spacial score (nSPS) is 26.2. The van der Waals surface area contributed by atoms with Crippen LogP contribution >= 0.6 is 11.8 Å². The zero-order valence-corrected chi connectivity index (χ0v) is 12.0. The molecular formula is C13H27NOS. The van der Waals surface area contributed by atoms with Crippen LogP contribution < -0.4 is 5.32 Å². The lowest BCUT2D eigenvalue weighted by Crippen LogP contribution is -2.33. The van der Waals surface area contributed by atoms with Crippen molar-refractivity contribution in [2.24, 2.45) is 0 Å². The molecule has 0 aromatic rings. The Hall–Kier alpha value is 0.270. The van der Waals surface area contributed by atoms with E-state index in [1.165, 1.54) is 25.0 Å². The molecule has 0 spiro atoms. The van der Waals surface area contributed by atoms with Crippen molar-refractivity contribution in [3.8, 4) is 0 Å². The van der Waals surface area contributed by atoms with Crippen LogP contribution in [0.5, 0.6) is 0 Å². The molecule has 0 amide bonds. The molecule has 96 valence electrons. The number of rotatable bonds is 7. The summed E-state index contributed by atoms with van der Waals surface area (Å²) >= 11 is 2.12. The molecule has 0 radical (unpaired) electrons. The van der Waals surface area contributed by atoms with Crippen molar-refractivity contribution in [2.45, 2.75) is 63.3 Å². The highest BCUT2D eigenvalue weighted by atomic mass is 32.2. The summed E-state index contributed by atoms with van der Waals surface area (Å²) in [4.78, 5) is 0. The maximum Gasteiger partial charge on any atom is 0.0634 e. The lowest BCUT2D eigenvalue weighted by molar-refractivity contribution is 0.0154. The average molecular weight is 245 g/mol. The molecule has 16 heavy (non-hydrogen) atoms. The van der Waals surface area contributed by atoms with Crippen LogP contribution in [0.1, 0.15) is 46.5 Å². The Labute approximate surface area is 105 Å². The molecule has 0 heterocycles. The largest absolute Gasteiger partial charge is 0.379 e. The molecule has 2 unspecified atom stereocenters. The van der Waals surface area contributed by atoms with Gasteiger partial charge in [-0.1, -0.05) is 6.92 Å². The molecule has 1 rings (SSSR count). The molecule has 2 atom stereocenters. The number of hydrogen-bond donors (Lipinski definition) is 1. The topological polar surface area (TPSA) is 21.3 Å². The number of methoxy groups -OCH3 is 1. The third kappa shape index (κ3) is 5.07. The zero-order valence-electron chi connectivity index (χ0n) is 11.2. The Morgan fingerprint density at radius 1 is 1.38 bits per heavy atom. The molecule has 1 aliphatic carbocycles. The molecule has 0 aromatic carbocycles. The maximum atomic E-state index is 5.42. The lowest BCUT2D eigenvalue weighted by atomic mass is 10.1. The van der Waals surface area contributed by atoms with Gasteiger partial charge in [0, 0.05) is 18.4 Å². The molecule has 3 heteroatoms. The van der Waals surface area contributed by atoms with E-state index in [1.54, 1.807) is 7.11 Å². The average Bonchev–Trinajstić information content (AvgIpc) is 2.66. The summed E-state index contributed by atoms with van der Waals surface area (Å²) in [5.74, 6) is 1.26. The predicted molar refractivity (Wildman–Crippen MR) is 73.3 cm³/mol. The second-order valence-electron chi connectivity index (χ2n) is 5.26. The van der Waals surface area contributed by atoms with Crippen LogP contribution in [0, 0.1) is 0 Å². The molecule has 0 aromatic heterocycles. The minimum absolute atomic E-state index is 0.0170. The van der Waals surface area contributed by atoms with Gasteiger partial charge in [-0.15, -0.1) is 0 Å². The first-order valence-electron chi connectivity index (χ1n) is 6.47. The van der Waals surface area contributed by atoms with Crippen molar-refractivity contribution in [3.05, 3.63) is 0 Å². The van der Waals surface area contributed by atoms with E-state index in [1.807, 2.05) is 0 Å². The highest BCUT2D eigenvalue weighted by Gasteiger charge is 2.24. The SMILES string of the molecule is CCSC1CCC(NCCC(C)(C)OC)C1. The fourth-order valence-electron chi connectivity index (χ4n) is 2.19. The van der Waals surface area contributed by atoms with Gasteiger partial charge in [-0.2, -0.15) is 11.8 Å². The van der Waals surface area contributed by atoms with Crippen molar-refractivity contribution in [2.75, 3.05) is 19.4 Å². The Kier molecular flexibility index (Phi) is 6.16.